The number of benzene rings is 1. The molecule has 0 spiro atoms. The summed E-state index contributed by atoms with van der Waals surface area (Å²) < 4.78 is 5.59. The number of guanidine groups is 1. The van der Waals surface area contributed by atoms with Crippen molar-refractivity contribution in [1.82, 2.24) is 15.5 Å². The summed E-state index contributed by atoms with van der Waals surface area (Å²) in [6, 6.07) is 8.28. The first-order valence-corrected chi connectivity index (χ1v) is 10.5. The number of amides is 1. The van der Waals surface area contributed by atoms with E-state index in [1.165, 1.54) is 11.1 Å². The molecule has 1 aromatic rings. The number of fused-ring (bicyclic) bond motifs is 1. The van der Waals surface area contributed by atoms with Gasteiger partial charge in [-0.3, -0.25) is 9.79 Å². The first kappa shape index (κ1) is 22.2. The van der Waals surface area contributed by atoms with E-state index in [2.05, 4.69) is 48.5 Å². The second-order valence-electron chi connectivity index (χ2n) is 7.63. The monoisotopic (exact) mass is 388 g/mol. The van der Waals surface area contributed by atoms with Gasteiger partial charge in [0.15, 0.2) is 5.96 Å². The number of ether oxygens (including phenoxy) is 1. The lowest BCUT2D eigenvalue weighted by molar-refractivity contribution is -0.131. The lowest BCUT2D eigenvalue weighted by atomic mass is 10.1. The van der Waals surface area contributed by atoms with Gasteiger partial charge in [0.2, 0.25) is 5.91 Å². The second kappa shape index (κ2) is 12.4. The molecule has 1 aliphatic rings. The maximum Gasteiger partial charge on any atom is 0.223 e. The van der Waals surface area contributed by atoms with Gasteiger partial charge in [-0.15, -0.1) is 0 Å². The van der Waals surface area contributed by atoms with Crippen molar-refractivity contribution in [2.75, 3.05) is 32.8 Å². The maximum atomic E-state index is 12.4. The minimum Gasteiger partial charge on any atom is -0.381 e. The van der Waals surface area contributed by atoms with Crippen LogP contribution in [0.4, 0.5) is 0 Å². The number of hydrogen-bond acceptors (Lipinski definition) is 3. The summed E-state index contributed by atoms with van der Waals surface area (Å²) >= 11 is 0. The fraction of sp³-hybridized carbons (Fsp3) is 0.636. The van der Waals surface area contributed by atoms with Crippen LogP contribution >= 0.6 is 0 Å². The van der Waals surface area contributed by atoms with E-state index in [4.69, 9.17) is 4.74 Å². The van der Waals surface area contributed by atoms with E-state index in [1.54, 1.807) is 0 Å². The van der Waals surface area contributed by atoms with Crippen LogP contribution in [0.25, 0.3) is 0 Å². The summed E-state index contributed by atoms with van der Waals surface area (Å²) in [6.07, 6.45) is 2.25. The van der Waals surface area contributed by atoms with Gasteiger partial charge in [-0.1, -0.05) is 38.1 Å². The molecule has 6 heteroatoms. The Hall–Kier alpha value is -2.08. The van der Waals surface area contributed by atoms with Crippen molar-refractivity contribution in [2.24, 2.45) is 10.9 Å². The normalized spacial score (nSPS) is 13.7. The van der Waals surface area contributed by atoms with Crippen LogP contribution in [0.3, 0.4) is 0 Å². The summed E-state index contributed by atoms with van der Waals surface area (Å²) in [7, 11) is 0. The highest BCUT2D eigenvalue weighted by atomic mass is 16.5. The van der Waals surface area contributed by atoms with Crippen LogP contribution in [-0.4, -0.2) is 49.6 Å². The molecule has 6 nitrogen and oxygen atoms in total. The quantitative estimate of drug-likeness (QED) is 0.347. The highest BCUT2D eigenvalue weighted by molar-refractivity contribution is 5.80. The number of nitrogens with one attached hydrogen (secondary N) is 2. The van der Waals surface area contributed by atoms with E-state index in [1.807, 2.05) is 17.0 Å². The summed E-state index contributed by atoms with van der Waals surface area (Å²) in [4.78, 5) is 19.0. The zero-order chi connectivity index (χ0) is 20.2. The molecule has 0 aromatic heterocycles. The topological polar surface area (TPSA) is 66.0 Å². The number of rotatable bonds is 11. The number of aliphatic imine (C=N–C) groups is 1. The second-order valence-corrected chi connectivity index (χ2v) is 7.63. The van der Waals surface area contributed by atoms with Gasteiger partial charge in [0.05, 0.1) is 0 Å². The molecule has 0 aliphatic carbocycles. The van der Waals surface area contributed by atoms with Crippen molar-refractivity contribution in [2.45, 2.75) is 53.1 Å². The lowest BCUT2D eigenvalue weighted by Crippen LogP contribution is -2.38. The Morgan fingerprint density at radius 3 is 2.54 bits per heavy atom. The lowest BCUT2D eigenvalue weighted by Gasteiger charge is -2.15. The van der Waals surface area contributed by atoms with Crippen molar-refractivity contribution in [3.8, 4) is 0 Å². The molecule has 0 saturated carbocycles. The van der Waals surface area contributed by atoms with Crippen molar-refractivity contribution in [3.63, 3.8) is 0 Å². The smallest absolute Gasteiger partial charge is 0.223 e. The summed E-state index contributed by atoms with van der Waals surface area (Å²) in [5.41, 5.74) is 2.54. The average Bonchev–Trinajstić information content (AvgIpc) is 3.11. The highest BCUT2D eigenvalue weighted by Gasteiger charge is 2.22. The summed E-state index contributed by atoms with van der Waals surface area (Å²) in [6.45, 7) is 11.7. The molecule has 0 atom stereocenters. The Balaban J connectivity index is 1.63. The van der Waals surface area contributed by atoms with Crippen molar-refractivity contribution >= 4 is 11.9 Å². The van der Waals surface area contributed by atoms with Gasteiger partial charge in [-0.05, 0) is 36.8 Å². The predicted molar refractivity (Wildman–Crippen MR) is 114 cm³/mol. The Morgan fingerprint density at radius 1 is 1.18 bits per heavy atom. The van der Waals surface area contributed by atoms with Gasteiger partial charge in [0.1, 0.15) is 0 Å². The third-order valence-electron chi connectivity index (χ3n) is 4.57. The van der Waals surface area contributed by atoms with Crippen LogP contribution in [0.2, 0.25) is 0 Å². The molecule has 1 aromatic carbocycles. The number of carbonyl (C=O) groups is 1. The minimum atomic E-state index is 0.215. The average molecular weight is 389 g/mol. The number of carbonyl (C=O) groups excluding carboxylic acids is 1. The molecule has 0 saturated heterocycles. The van der Waals surface area contributed by atoms with Crippen LogP contribution in [0, 0.1) is 5.92 Å². The van der Waals surface area contributed by atoms with Gasteiger partial charge < -0.3 is 20.3 Å². The minimum absolute atomic E-state index is 0.215. The van der Waals surface area contributed by atoms with Gasteiger partial charge in [-0.2, -0.15) is 0 Å². The van der Waals surface area contributed by atoms with Crippen LogP contribution in [-0.2, 0) is 22.6 Å². The van der Waals surface area contributed by atoms with Crippen LogP contribution in [0.1, 0.15) is 51.2 Å². The number of hydrogen-bond donors (Lipinski definition) is 2. The molecule has 2 N–H and O–H groups in total. The molecule has 0 fully saturated rings. The largest absolute Gasteiger partial charge is 0.381 e. The molecule has 1 heterocycles. The zero-order valence-electron chi connectivity index (χ0n) is 17.7. The first-order chi connectivity index (χ1) is 13.6. The van der Waals surface area contributed by atoms with E-state index >= 15 is 0 Å². The Bertz CT molecular complexity index is 606. The van der Waals surface area contributed by atoms with Crippen molar-refractivity contribution in [3.05, 3.63) is 35.4 Å². The molecule has 1 aliphatic heterocycles. The maximum absolute atomic E-state index is 12.4. The third-order valence-corrected chi connectivity index (χ3v) is 4.57. The third kappa shape index (κ3) is 7.89. The molecule has 1 amide bonds. The molecule has 0 radical (unpaired) electrons. The fourth-order valence-electron chi connectivity index (χ4n) is 3.13. The molecular formula is C22H36N4O2. The SMILES string of the molecule is CCNC(=NCCCC(=O)N1Cc2ccccc2C1)NCCCOCC(C)C. The van der Waals surface area contributed by atoms with Crippen LogP contribution in [0.15, 0.2) is 29.3 Å². The standard InChI is InChI=1S/C22H36N4O2/c1-4-23-22(25-13-8-14-28-17-18(2)3)24-12-7-11-21(27)26-15-19-9-5-6-10-20(19)16-26/h5-6,9-10,18H,4,7-8,11-17H2,1-3H3,(H2,23,24,25). The highest BCUT2D eigenvalue weighted by Crippen LogP contribution is 2.22. The van der Waals surface area contributed by atoms with E-state index in [0.29, 0.717) is 18.9 Å². The molecule has 2 rings (SSSR count). The van der Waals surface area contributed by atoms with Crippen LogP contribution in [0.5, 0.6) is 0 Å². The Labute approximate surface area is 169 Å². The fourth-order valence-corrected chi connectivity index (χ4v) is 3.13. The van der Waals surface area contributed by atoms with Crippen molar-refractivity contribution in [1.29, 1.82) is 0 Å². The van der Waals surface area contributed by atoms with E-state index in [0.717, 1.165) is 58.2 Å². The molecule has 156 valence electrons. The van der Waals surface area contributed by atoms with Crippen LogP contribution < -0.4 is 10.6 Å². The van der Waals surface area contributed by atoms with Gasteiger partial charge >= 0.3 is 0 Å². The van der Waals surface area contributed by atoms with Gasteiger partial charge in [0, 0.05) is 52.4 Å². The predicted octanol–water partition coefficient (Wildman–Crippen LogP) is 2.93. The Morgan fingerprint density at radius 2 is 1.89 bits per heavy atom. The molecular weight excluding hydrogens is 352 g/mol. The van der Waals surface area contributed by atoms with Gasteiger partial charge in [-0.25, -0.2) is 0 Å². The van der Waals surface area contributed by atoms with Crippen molar-refractivity contribution < 1.29 is 9.53 Å². The number of nitrogens with zero attached hydrogens (tertiary/aromatic N) is 2. The van der Waals surface area contributed by atoms with E-state index in [-0.39, 0.29) is 5.91 Å². The molecule has 28 heavy (non-hydrogen) atoms. The summed E-state index contributed by atoms with van der Waals surface area (Å²) in [5.74, 6) is 1.60. The zero-order valence-corrected chi connectivity index (χ0v) is 17.7. The molecule has 0 bridgehead atoms. The van der Waals surface area contributed by atoms with Gasteiger partial charge in [0.25, 0.3) is 0 Å². The Kier molecular flexibility index (Phi) is 9.83. The molecule has 0 unspecified atom stereocenters. The first-order valence-electron chi connectivity index (χ1n) is 10.5. The van der Waals surface area contributed by atoms with E-state index in [9.17, 15) is 4.79 Å². The summed E-state index contributed by atoms with van der Waals surface area (Å²) in [5, 5.41) is 6.58. The van der Waals surface area contributed by atoms with E-state index < -0.39 is 0 Å².